The lowest BCUT2D eigenvalue weighted by molar-refractivity contribution is -0.115. The van der Waals surface area contributed by atoms with Crippen LogP contribution in [0, 0.1) is 0 Å². The molecule has 1 rings (SSSR count). The second kappa shape index (κ2) is 7.03. The second-order valence-electron chi connectivity index (χ2n) is 3.22. The van der Waals surface area contributed by atoms with Crippen LogP contribution in [0.3, 0.4) is 0 Å². The van der Waals surface area contributed by atoms with Crippen LogP contribution in [0.25, 0.3) is 6.08 Å². The highest BCUT2D eigenvalue weighted by molar-refractivity contribution is 6.42. The van der Waals surface area contributed by atoms with Crippen LogP contribution >= 0.6 is 23.2 Å². The quantitative estimate of drug-likeness (QED) is 0.868. The van der Waals surface area contributed by atoms with Crippen molar-refractivity contribution in [3.8, 4) is 0 Å². The van der Waals surface area contributed by atoms with Crippen LogP contribution in [-0.2, 0) is 9.53 Å². The van der Waals surface area contributed by atoms with Gasteiger partial charge in [-0.1, -0.05) is 29.3 Å². The molecule has 0 aliphatic carbocycles. The highest BCUT2D eigenvalue weighted by Gasteiger charge is 2.04. The van der Waals surface area contributed by atoms with E-state index in [2.05, 4.69) is 4.74 Å². The van der Waals surface area contributed by atoms with Gasteiger partial charge in [0.2, 0.25) is 0 Å². The molecule has 18 heavy (non-hydrogen) atoms. The smallest absolute Gasteiger partial charge is 0.414 e. The molecule has 1 N–H and O–H groups in total. The molecular weight excluding hydrogens is 277 g/mol. The van der Waals surface area contributed by atoms with Crippen molar-refractivity contribution in [3.05, 3.63) is 39.9 Å². The van der Waals surface area contributed by atoms with Crippen LogP contribution in [0.2, 0.25) is 10.0 Å². The van der Waals surface area contributed by atoms with Gasteiger partial charge in [0.1, 0.15) is 0 Å². The first kappa shape index (κ1) is 14.5. The fourth-order valence-corrected chi connectivity index (χ4v) is 1.40. The van der Waals surface area contributed by atoms with Crippen LogP contribution in [0.15, 0.2) is 24.3 Å². The van der Waals surface area contributed by atoms with E-state index < -0.39 is 12.0 Å². The number of hydrogen-bond donors (Lipinski definition) is 1. The number of rotatable bonds is 3. The van der Waals surface area contributed by atoms with Crippen molar-refractivity contribution in [2.24, 2.45) is 0 Å². The lowest BCUT2D eigenvalue weighted by Gasteiger charge is -2.00. The molecule has 2 amide bonds. The van der Waals surface area contributed by atoms with Gasteiger partial charge in [-0.15, -0.1) is 0 Å². The Labute approximate surface area is 115 Å². The Kier molecular flexibility index (Phi) is 5.68. The maximum absolute atomic E-state index is 11.3. The first-order chi connectivity index (χ1) is 8.52. The molecule has 0 spiro atoms. The van der Waals surface area contributed by atoms with Crippen LogP contribution in [0.5, 0.6) is 0 Å². The van der Waals surface area contributed by atoms with E-state index in [-0.39, 0.29) is 6.61 Å². The fourth-order valence-electron chi connectivity index (χ4n) is 1.10. The van der Waals surface area contributed by atoms with Crippen molar-refractivity contribution in [2.75, 3.05) is 6.61 Å². The van der Waals surface area contributed by atoms with E-state index in [0.717, 1.165) is 0 Å². The topological polar surface area (TPSA) is 55.4 Å². The van der Waals surface area contributed by atoms with E-state index in [4.69, 9.17) is 23.2 Å². The van der Waals surface area contributed by atoms with Crippen molar-refractivity contribution in [3.63, 3.8) is 0 Å². The maximum atomic E-state index is 11.3. The van der Waals surface area contributed by atoms with Crippen LogP contribution in [0.1, 0.15) is 12.5 Å². The predicted molar refractivity (Wildman–Crippen MR) is 70.7 cm³/mol. The summed E-state index contributed by atoms with van der Waals surface area (Å²) >= 11 is 11.6. The molecule has 0 radical (unpaired) electrons. The Bertz CT molecular complexity index is 486. The summed E-state index contributed by atoms with van der Waals surface area (Å²) in [5.41, 5.74) is 0.698. The van der Waals surface area contributed by atoms with Gasteiger partial charge >= 0.3 is 6.09 Å². The van der Waals surface area contributed by atoms with Gasteiger partial charge < -0.3 is 4.74 Å². The Morgan fingerprint density at radius 3 is 2.67 bits per heavy atom. The Morgan fingerprint density at radius 1 is 1.33 bits per heavy atom. The summed E-state index contributed by atoms with van der Waals surface area (Å²) < 4.78 is 4.56. The number of imide groups is 1. The highest BCUT2D eigenvalue weighted by Crippen LogP contribution is 2.22. The average molecular weight is 288 g/mol. The normalized spacial score (nSPS) is 10.4. The first-order valence-electron chi connectivity index (χ1n) is 5.13. The van der Waals surface area contributed by atoms with Crippen molar-refractivity contribution >= 4 is 41.3 Å². The standard InChI is InChI=1S/C12H11Cl2NO3/c1-2-18-12(17)15-11(16)6-4-8-3-5-9(13)10(14)7-8/h3-7H,2H2,1H3,(H,15,16,17)/b6-4+. The number of amides is 2. The maximum Gasteiger partial charge on any atom is 0.414 e. The first-order valence-corrected chi connectivity index (χ1v) is 5.89. The predicted octanol–water partition coefficient (Wildman–Crippen LogP) is 3.28. The molecule has 0 heterocycles. The third-order valence-electron chi connectivity index (χ3n) is 1.87. The summed E-state index contributed by atoms with van der Waals surface area (Å²) in [5, 5.41) is 2.86. The molecular formula is C12H11Cl2NO3. The zero-order valence-electron chi connectivity index (χ0n) is 9.57. The SMILES string of the molecule is CCOC(=O)NC(=O)/C=C/c1ccc(Cl)c(Cl)c1. The molecule has 0 saturated carbocycles. The van der Waals surface area contributed by atoms with Crippen molar-refractivity contribution in [1.82, 2.24) is 5.32 Å². The number of carbonyl (C=O) groups excluding carboxylic acids is 2. The average Bonchev–Trinajstić information content (AvgIpc) is 2.31. The summed E-state index contributed by atoms with van der Waals surface area (Å²) in [5.74, 6) is -0.570. The van der Waals surface area contributed by atoms with E-state index in [9.17, 15) is 9.59 Å². The molecule has 4 nitrogen and oxygen atoms in total. The lowest BCUT2D eigenvalue weighted by atomic mass is 10.2. The van der Waals surface area contributed by atoms with Gasteiger partial charge in [-0.05, 0) is 30.7 Å². The third-order valence-corrected chi connectivity index (χ3v) is 2.61. The monoisotopic (exact) mass is 287 g/mol. The number of carbonyl (C=O) groups is 2. The summed E-state index contributed by atoms with van der Waals surface area (Å²) in [7, 11) is 0. The number of alkyl carbamates (subject to hydrolysis) is 1. The van der Waals surface area contributed by atoms with E-state index in [0.29, 0.717) is 15.6 Å². The van der Waals surface area contributed by atoms with Gasteiger partial charge in [0, 0.05) is 6.08 Å². The van der Waals surface area contributed by atoms with E-state index in [1.807, 2.05) is 5.32 Å². The molecule has 0 aliphatic heterocycles. The summed E-state index contributed by atoms with van der Waals surface area (Å²) in [4.78, 5) is 22.2. The van der Waals surface area contributed by atoms with Crippen molar-refractivity contribution in [1.29, 1.82) is 0 Å². The van der Waals surface area contributed by atoms with E-state index in [1.165, 1.54) is 12.2 Å². The molecule has 6 heteroatoms. The number of nitrogens with one attached hydrogen (secondary N) is 1. The molecule has 1 aromatic rings. The third kappa shape index (κ3) is 4.77. The molecule has 0 aliphatic rings. The van der Waals surface area contributed by atoms with Crippen LogP contribution < -0.4 is 5.32 Å². The number of hydrogen-bond acceptors (Lipinski definition) is 3. The minimum absolute atomic E-state index is 0.204. The second-order valence-corrected chi connectivity index (χ2v) is 4.03. The fraction of sp³-hybridized carbons (Fsp3) is 0.167. The van der Waals surface area contributed by atoms with Crippen molar-refractivity contribution < 1.29 is 14.3 Å². The van der Waals surface area contributed by atoms with Gasteiger partial charge in [0.15, 0.2) is 0 Å². The van der Waals surface area contributed by atoms with Gasteiger partial charge in [0.05, 0.1) is 16.7 Å². The molecule has 96 valence electrons. The van der Waals surface area contributed by atoms with Gasteiger partial charge in [-0.3, -0.25) is 10.1 Å². The lowest BCUT2D eigenvalue weighted by Crippen LogP contribution is -2.29. The number of halogens is 2. The zero-order valence-corrected chi connectivity index (χ0v) is 11.1. The van der Waals surface area contributed by atoms with E-state index >= 15 is 0 Å². The molecule has 0 saturated heterocycles. The van der Waals surface area contributed by atoms with Gasteiger partial charge in [-0.25, -0.2) is 4.79 Å². The highest BCUT2D eigenvalue weighted by atomic mass is 35.5. The Hall–Kier alpha value is -1.52. The molecule has 0 unspecified atom stereocenters. The summed E-state index contributed by atoms with van der Waals surface area (Å²) in [6, 6.07) is 4.92. The molecule has 0 bridgehead atoms. The molecule has 0 aromatic heterocycles. The molecule has 1 aromatic carbocycles. The van der Waals surface area contributed by atoms with Crippen molar-refractivity contribution in [2.45, 2.75) is 6.92 Å². The number of ether oxygens (including phenoxy) is 1. The van der Waals surface area contributed by atoms with Crippen LogP contribution in [0.4, 0.5) is 4.79 Å². The summed E-state index contributed by atoms with van der Waals surface area (Å²) in [6.45, 7) is 1.85. The molecule has 0 atom stereocenters. The van der Waals surface area contributed by atoms with E-state index in [1.54, 1.807) is 25.1 Å². The van der Waals surface area contributed by atoms with Gasteiger partial charge in [0.25, 0.3) is 5.91 Å². The zero-order chi connectivity index (χ0) is 13.5. The minimum atomic E-state index is -0.777. The van der Waals surface area contributed by atoms with Gasteiger partial charge in [-0.2, -0.15) is 0 Å². The Balaban J connectivity index is 2.60. The largest absolute Gasteiger partial charge is 0.450 e. The number of benzene rings is 1. The molecule has 0 fully saturated rings. The van der Waals surface area contributed by atoms with Crippen LogP contribution in [-0.4, -0.2) is 18.6 Å². The Morgan fingerprint density at radius 2 is 2.06 bits per heavy atom. The summed E-state index contributed by atoms with van der Waals surface area (Å²) in [6.07, 6.45) is 1.94. The minimum Gasteiger partial charge on any atom is -0.450 e.